The van der Waals surface area contributed by atoms with Gasteiger partial charge in [-0.1, -0.05) is 12.1 Å². The van der Waals surface area contributed by atoms with Crippen molar-refractivity contribution in [3.63, 3.8) is 0 Å². The zero-order chi connectivity index (χ0) is 22.8. The van der Waals surface area contributed by atoms with Gasteiger partial charge in [0.15, 0.2) is 34.6 Å². The molecule has 31 heavy (non-hydrogen) atoms. The van der Waals surface area contributed by atoms with E-state index in [1.807, 2.05) is 0 Å². The van der Waals surface area contributed by atoms with Gasteiger partial charge >= 0.3 is 0 Å². The summed E-state index contributed by atoms with van der Waals surface area (Å²) in [5.41, 5.74) is 1.38. The monoisotopic (exact) mass is 426 g/mol. The number of benzene rings is 2. The Bertz CT molecular complexity index is 990. The zero-order valence-corrected chi connectivity index (χ0v) is 18.3. The highest BCUT2D eigenvalue weighted by atomic mass is 16.5. The lowest BCUT2D eigenvalue weighted by Gasteiger charge is -2.13. The predicted octanol–water partition coefficient (Wildman–Crippen LogP) is 3.98. The van der Waals surface area contributed by atoms with Crippen LogP contribution in [-0.2, 0) is 9.59 Å². The number of ether oxygens (including phenoxy) is 5. The van der Waals surface area contributed by atoms with Gasteiger partial charge in [-0.05, 0) is 48.1 Å². The van der Waals surface area contributed by atoms with Crippen LogP contribution in [-0.4, -0.2) is 47.1 Å². The van der Waals surface area contributed by atoms with Gasteiger partial charge < -0.3 is 23.7 Å². The summed E-state index contributed by atoms with van der Waals surface area (Å²) in [6.07, 6.45) is 5.65. The first kappa shape index (κ1) is 23.5. The van der Waals surface area contributed by atoms with Crippen LogP contribution in [0.15, 0.2) is 42.5 Å². The first-order chi connectivity index (χ1) is 15.0. The van der Waals surface area contributed by atoms with Crippen molar-refractivity contribution in [3.05, 3.63) is 53.6 Å². The number of carbonyl (C=O) groups is 2. The van der Waals surface area contributed by atoms with Crippen molar-refractivity contribution < 1.29 is 33.3 Å². The molecule has 0 aliphatic heterocycles. The van der Waals surface area contributed by atoms with Crippen LogP contribution in [0.3, 0.4) is 0 Å². The third-order valence-corrected chi connectivity index (χ3v) is 4.40. The van der Waals surface area contributed by atoms with Gasteiger partial charge in [0.25, 0.3) is 0 Å². The highest BCUT2D eigenvalue weighted by molar-refractivity contribution is 6.11. The molecule has 0 spiro atoms. The molecule has 0 amide bonds. The molecular weight excluding hydrogens is 400 g/mol. The fourth-order valence-electron chi connectivity index (χ4n) is 2.87. The molecule has 0 aliphatic rings. The van der Waals surface area contributed by atoms with Crippen LogP contribution in [0.4, 0.5) is 0 Å². The smallest absolute Gasteiger partial charge is 0.203 e. The molecule has 0 bridgehead atoms. The van der Waals surface area contributed by atoms with E-state index >= 15 is 0 Å². The van der Waals surface area contributed by atoms with Crippen LogP contribution in [0.1, 0.15) is 17.5 Å². The lowest BCUT2D eigenvalue weighted by molar-refractivity contribution is -0.121. The van der Waals surface area contributed by atoms with Gasteiger partial charge in [-0.3, -0.25) is 9.59 Å². The highest BCUT2D eigenvalue weighted by Gasteiger charge is 2.14. The van der Waals surface area contributed by atoms with E-state index in [-0.39, 0.29) is 18.0 Å². The Morgan fingerprint density at radius 1 is 0.677 bits per heavy atom. The number of hydrogen-bond acceptors (Lipinski definition) is 7. The van der Waals surface area contributed by atoms with E-state index < -0.39 is 0 Å². The van der Waals surface area contributed by atoms with Gasteiger partial charge in [0.2, 0.25) is 5.75 Å². The number of allylic oxidation sites excluding steroid dienone is 2. The fourth-order valence-corrected chi connectivity index (χ4v) is 2.87. The molecular formula is C24H26O7. The van der Waals surface area contributed by atoms with Crippen molar-refractivity contribution in [2.24, 2.45) is 0 Å². The molecule has 164 valence electrons. The molecule has 0 heterocycles. The lowest BCUT2D eigenvalue weighted by atomic mass is 10.1. The van der Waals surface area contributed by atoms with Crippen LogP contribution < -0.4 is 23.7 Å². The van der Waals surface area contributed by atoms with Crippen LogP contribution in [0.5, 0.6) is 28.7 Å². The third kappa shape index (κ3) is 6.12. The molecule has 2 aromatic rings. The summed E-state index contributed by atoms with van der Waals surface area (Å²) in [6, 6.07) is 8.72. The Balaban J connectivity index is 2.06. The molecule has 0 fully saturated rings. The predicted molar refractivity (Wildman–Crippen MR) is 118 cm³/mol. The Morgan fingerprint density at radius 2 is 1.26 bits per heavy atom. The van der Waals surface area contributed by atoms with E-state index in [2.05, 4.69) is 0 Å². The number of methoxy groups -OCH3 is 5. The number of carbonyl (C=O) groups excluding carboxylic acids is 2. The maximum Gasteiger partial charge on any atom is 0.203 e. The standard InChI is InChI=1S/C24H26O7/c1-27-20-12-7-16(14-22(20)29-3)6-10-18(25)15-19(26)11-8-17-9-13-21(28-2)24(31-5)23(17)30-4/h6-14H,15H2,1-5H3. The Hall–Kier alpha value is -3.74. The largest absolute Gasteiger partial charge is 0.493 e. The average molecular weight is 426 g/mol. The molecule has 0 saturated carbocycles. The molecule has 0 saturated heterocycles. The lowest BCUT2D eigenvalue weighted by Crippen LogP contribution is -2.02. The topological polar surface area (TPSA) is 80.3 Å². The summed E-state index contributed by atoms with van der Waals surface area (Å²) in [6.45, 7) is 0. The second kappa shape index (κ2) is 11.4. The zero-order valence-electron chi connectivity index (χ0n) is 18.3. The van der Waals surface area contributed by atoms with Crippen LogP contribution >= 0.6 is 0 Å². The number of ketones is 2. The van der Waals surface area contributed by atoms with Gasteiger partial charge in [0.1, 0.15) is 0 Å². The quantitative estimate of drug-likeness (QED) is 0.397. The van der Waals surface area contributed by atoms with Crippen molar-refractivity contribution in [3.8, 4) is 28.7 Å². The van der Waals surface area contributed by atoms with Crippen LogP contribution in [0.2, 0.25) is 0 Å². The van der Waals surface area contributed by atoms with Crippen molar-refractivity contribution in [1.29, 1.82) is 0 Å². The maximum absolute atomic E-state index is 12.2. The summed E-state index contributed by atoms with van der Waals surface area (Å²) >= 11 is 0. The molecule has 0 aliphatic carbocycles. The van der Waals surface area contributed by atoms with Crippen LogP contribution in [0.25, 0.3) is 12.2 Å². The molecule has 0 unspecified atom stereocenters. The van der Waals surface area contributed by atoms with E-state index in [0.717, 1.165) is 5.56 Å². The van der Waals surface area contributed by atoms with Gasteiger partial charge in [0, 0.05) is 5.56 Å². The SMILES string of the molecule is COc1ccc(C=CC(=O)CC(=O)C=Cc2ccc(OC)c(OC)c2OC)cc1OC. The summed E-state index contributed by atoms with van der Waals surface area (Å²) < 4.78 is 26.4. The molecule has 2 rings (SSSR count). The molecule has 7 nitrogen and oxygen atoms in total. The van der Waals surface area contributed by atoms with E-state index in [0.29, 0.717) is 34.3 Å². The van der Waals surface area contributed by atoms with Gasteiger partial charge in [-0.15, -0.1) is 0 Å². The minimum Gasteiger partial charge on any atom is -0.493 e. The summed E-state index contributed by atoms with van der Waals surface area (Å²) in [7, 11) is 7.61. The van der Waals surface area contributed by atoms with Gasteiger partial charge in [0.05, 0.1) is 42.0 Å². The molecule has 2 aromatic carbocycles. The van der Waals surface area contributed by atoms with E-state index in [9.17, 15) is 9.59 Å². The Labute approximate surface area is 181 Å². The minimum absolute atomic E-state index is 0.254. The second-order valence-electron chi connectivity index (χ2n) is 6.31. The van der Waals surface area contributed by atoms with Crippen molar-refractivity contribution in [1.82, 2.24) is 0 Å². The van der Waals surface area contributed by atoms with Gasteiger partial charge in [-0.25, -0.2) is 0 Å². The first-order valence-electron chi connectivity index (χ1n) is 9.40. The number of hydrogen-bond donors (Lipinski definition) is 0. The Kier molecular flexibility index (Phi) is 8.69. The fraction of sp³-hybridized carbons (Fsp3) is 0.250. The van der Waals surface area contributed by atoms with E-state index in [4.69, 9.17) is 23.7 Å². The molecule has 7 heteroatoms. The van der Waals surface area contributed by atoms with Crippen molar-refractivity contribution in [2.75, 3.05) is 35.5 Å². The molecule has 0 aromatic heterocycles. The minimum atomic E-state index is -0.334. The Morgan fingerprint density at radius 3 is 1.84 bits per heavy atom. The van der Waals surface area contributed by atoms with Crippen molar-refractivity contribution >= 4 is 23.7 Å². The maximum atomic E-state index is 12.2. The van der Waals surface area contributed by atoms with Crippen molar-refractivity contribution in [2.45, 2.75) is 6.42 Å². The second-order valence-corrected chi connectivity index (χ2v) is 6.31. The molecule has 0 N–H and O–H groups in total. The van der Waals surface area contributed by atoms with E-state index in [1.165, 1.54) is 40.6 Å². The highest BCUT2D eigenvalue weighted by Crippen LogP contribution is 2.40. The molecule has 0 atom stereocenters. The summed E-state index contributed by atoms with van der Waals surface area (Å²) in [5.74, 6) is 1.87. The van der Waals surface area contributed by atoms with E-state index in [1.54, 1.807) is 49.6 Å². The van der Waals surface area contributed by atoms with Crippen LogP contribution in [0, 0.1) is 0 Å². The third-order valence-electron chi connectivity index (χ3n) is 4.40. The van der Waals surface area contributed by atoms with Gasteiger partial charge in [-0.2, -0.15) is 0 Å². The average Bonchev–Trinajstić information content (AvgIpc) is 2.80. The normalized spacial score (nSPS) is 10.9. The summed E-state index contributed by atoms with van der Waals surface area (Å²) in [5, 5.41) is 0. The molecule has 0 radical (unpaired) electrons. The number of rotatable bonds is 11. The first-order valence-corrected chi connectivity index (χ1v) is 9.40. The summed E-state index contributed by atoms with van der Waals surface area (Å²) in [4.78, 5) is 24.4.